The zero-order valence-electron chi connectivity index (χ0n) is 11.4. The molecule has 102 valence electrons. The Balaban J connectivity index is 2.44. The Hall–Kier alpha value is -0.130. The zero-order chi connectivity index (χ0) is 13.1. The molecular formula is C12H26N2O2S. The standard InChI is InChI=1S/C12H26N2O2S/c1-10-5-6-13-7-11(10)8-14-17(15,16)9-12(2,3)4/h10-11,13-14H,5-9H2,1-4H3. The minimum Gasteiger partial charge on any atom is -0.316 e. The van der Waals surface area contributed by atoms with Gasteiger partial charge in [-0.1, -0.05) is 27.7 Å². The van der Waals surface area contributed by atoms with E-state index in [1.54, 1.807) is 0 Å². The summed E-state index contributed by atoms with van der Waals surface area (Å²) in [6, 6.07) is 0. The molecule has 2 N–H and O–H groups in total. The van der Waals surface area contributed by atoms with Crippen LogP contribution in [0.25, 0.3) is 0 Å². The van der Waals surface area contributed by atoms with E-state index in [9.17, 15) is 8.42 Å². The van der Waals surface area contributed by atoms with Gasteiger partial charge in [0.1, 0.15) is 0 Å². The van der Waals surface area contributed by atoms with E-state index in [2.05, 4.69) is 17.0 Å². The summed E-state index contributed by atoms with van der Waals surface area (Å²) in [5.74, 6) is 1.20. The Labute approximate surface area is 106 Å². The average molecular weight is 262 g/mol. The molecule has 0 aromatic rings. The lowest BCUT2D eigenvalue weighted by atomic mass is 9.88. The normalized spacial score (nSPS) is 27.1. The van der Waals surface area contributed by atoms with Gasteiger partial charge in [0.05, 0.1) is 5.75 Å². The fourth-order valence-corrected chi connectivity index (χ4v) is 3.89. The predicted molar refractivity (Wildman–Crippen MR) is 71.4 cm³/mol. The first-order valence-corrected chi connectivity index (χ1v) is 8.03. The van der Waals surface area contributed by atoms with Crippen LogP contribution in [0.2, 0.25) is 0 Å². The molecule has 1 fully saturated rings. The minimum absolute atomic E-state index is 0.189. The van der Waals surface area contributed by atoms with Crippen molar-refractivity contribution in [1.29, 1.82) is 0 Å². The highest BCUT2D eigenvalue weighted by Gasteiger charge is 2.25. The summed E-state index contributed by atoms with van der Waals surface area (Å²) in [5, 5.41) is 3.31. The molecule has 2 unspecified atom stereocenters. The third kappa shape index (κ3) is 5.84. The summed E-state index contributed by atoms with van der Waals surface area (Å²) in [4.78, 5) is 0. The van der Waals surface area contributed by atoms with Crippen LogP contribution >= 0.6 is 0 Å². The quantitative estimate of drug-likeness (QED) is 0.800. The van der Waals surface area contributed by atoms with Crippen molar-refractivity contribution in [3.05, 3.63) is 0 Å². The number of rotatable bonds is 4. The molecule has 0 amide bonds. The van der Waals surface area contributed by atoms with Crippen molar-refractivity contribution < 1.29 is 8.42 Å². The summed E-state index contributed by atoms with van der Waals surface area (Å²) in [7, 11) is -3.14. The van der Waals surface area contributed by atoms with Gasteiger partial charge in [-0.05, 0) is 36.8 Å². The molecule has 0 spiro atoms. The van der Waals surface area contributed by atoms with Crippen LogP contribution in [0.3, 0.4) is 0 Å². The van der Waals surface area contributed by atoms with Gasteiger partial charge in [0.25, 0.3) is 0 Å². The van der Waals surface area contributed by atoms with Gasteiger partial charge in [0.2, 0.25) is 10.0 Å². The van der Waals surface area contributed by atoms with Crippen LogP contribution in [0.4, 0.5) is 0 Å². The van der Waals surface area contributed by atoms with Gasteiger partial charge in [0, 0.05) is 6.54 Å². The van der Waals surface area contributed by atoms with Crippen LogP contribution in [0.5, 0.6) is 0 Å². The summed E-state index contributed by atoms with van der Waals surface area (Å²) in [5.41, 5.74) is -0.192. The van der Waals surface area contributed by atoms with E-state index in [0.717, 1.165) is 19.5 Å². The van der Waals surface area contributed by atoms with Gasteiger partial charge in [-0.15, -0.1) is 0 Å². The predicted octanol–water partition coefficient (Wildman–Crippen LogP) is 1.20. The molecule has 0 bridgehead atoms. The lowest BCUT2D eigenvalue weighted by Gasteiger charge is -2.30. The molecule has 5 heteroatoms. The van der Waals surface area contributed by atoms with Gasteiger partial charge in [-0.3, -0.25) is 0 Å². The minimum atomic E-state index is -3.14. The SMILES string of the molecule is CC1CCNCC1CNS(=O)(=O)CC(C)(C)C. The van der Waals surface area contributed by atoms with Crippen molar-refractivity contribution in [2.75, 3.05) is 25.4 Å². The second-order valence-corrected chi connectivity index (χ2v) is 8.21. The molecule has 1 aliphatic heterocycles. The van der Waals surface area contributed by atoms with E-state index in [1.807, 2.05) is 20.8 Å². The van der Waals surface area contributed by atoms with Gasteiger partial charge >= 0.3 is 0 Å². The Morgan fingerprint density at radius 2 is 2.00 bits per heavy atom. The molecule has 0 saturated carbocycles. The second kappa shape index (κ2) is 5.67. The lowest BCUT2D eigenvalue weighted by Crippen LogP contribution is -2.43. The Kier molecular flexibility index (Phi) is 4.98. The van der Waals surface area contributed by atoms with Crippen molar-refractivity contribution in [3.8, 4) is 0 Å². The fraction of sp³-hybridized carbons (Fsp3) is 1.00. The Bertz CT molecular complexity index is 333. The molecule has 4 nitrogen and oxygen atoms in total. The molecule has 0 aliphatic carbocycles. The Morgan fingerprint density at radius 3 is 2.53 bits per heavy atom. The van der Waals surface area contributed by atoms with Crippen molar-refractivity contribution in [2.45, 2.75) is 34.1 Å². The van der Waals surface area contributed by atoms with Crippen LogP contribution in [-0.2, 0) is 10.0 Å². The third-order valence-electron chi connectivity index (χ3n) is 3.18. The van der Waals surface area contributed by atoms with Gasteiger partial charge in [-0.2, -0.15) is 0 Å². The molecular weight excluding hydrogens is 236 g/mol. The monoisotopic (exact) mass is 262 g/mol. The maximum Gasteiger partial charge on any atom is 0.212 e. The lowest BCUT2D eigenvalue weighted by molar-refractivity contribution is 0.275. The number of nitrogens with one attached hydrogen (secondary N) is 2. The van der Waals surface area contributed by atoms with Gasteiger partial charge < -0.3 is 5.32 Å². The molecule has 0 aromatic heterocycles. The van der Waals surface area contributed by atoms with Crippen molar-refractivity contribution in [1.82, 2.24) is 10.0 Å². The number of piperidine rings is 1. The molecule has 0 aromatic carbocycles. The van der Waals surface area contributed by atoms with Crippen LogP contribution in [0, 0.1) is 17.3 Å². The van der Waals surface area contributed by atoms with Gasteiger partial charge in [0.15, 0.2) is 0 Å². The highest BCUT2D eigenvalue weighted by Crippen LogP contribution is 2.19. The van der Waals surface area contributed by atoms with E-state index in [-0.39, 0.29) is 11.2 Å². The van der Waals surface area contributed by atoms with Gasteiger partial charge in [-0.25, -0.2) is 13.1 Å². The summed E-state index contributed by atoms with van der Waals surface area (Å²) >= 11 is 0. The van der Waals surface area contributed by atoms with Crippen LogP contribution in [0.1, 0.15) is 34.1 Å². The van der Waals surface area contributed by atoms with Crippen LogP contribution in [-0.4, -0.2) is 33.8 Å². The van der Waals surface area contributed by atoms with Crippen LogP contribution in [0.15, 0.2) is 0 Å². The molecule has 0 radical (unpaired) electrons. The maximum atomic E-state index is 11.9. The summed E-state index contributed by atoms with van der Waals surface area (Å²) in [6.45, 7) is 10.5. The average Bonchev–Trinajstić information content (AvgIpc) is 2.13. The molecule has 2 atom stereocenters. The molecule has 1 heterocycles. The first-order valence-electron chi connectivity index (χ1n) is 6.38. The first-order chi connectivity index (χ1) is 7.70. The fourth-order valence-electron chi connectivity index (χ4n) is 2.18. The molecule has 1 aliphatic rings. The van der Waals surface area contributed by atoms with E-state index in [1.165, 1.54) is 0 Å². The van der Waals surface area contributed by atoms with Crippen LogP contribution < -0.4 is 10.0 Å². The second-order valence-electron chi connectivity index (χ2n) is 6.40. The number of sulfonamides is 1. The largest absolute Gasteiger partial charge is 0.316 e. The maximum absolute atomic E-state index is 11.9. The Morgan fingerprint density at radius 1 is 1.35 bits per heavy atom. The third-order valence-corrected chi connectivity index (χ3v) is 5.03. The van der Waals surface area contributed by atoms with E-state index < -0.39 is 10.0 Å². The summed E-state index contributed by atoms with van der Waals surface area (Å²) < 4.78 is 26.5. The first kappa shape index (κ1) is 14.9. The van der Waals surface area contributed by atoms with Crippen molar-refractivity contribution in [2.24, 2.45) is 17.3 Å². The smallest absolute Gasteiger partial charge is 0.212 e. The summed E-state index contributed by atoms with van der Waals surface area (Å²) in [6.07, 6.45) is 1.13. The highest BCUT2D eigenvalue weighted by atomic mass is 32.2. The topological polar surface area (TPSA) is 58.2 Å². The number of hydrogen-bond acceptors (Lipinski definition) is 3. The highest BCUT2D eigenvalue weighted by molar-refractivity contribution is 7.89. The molecule has 1 saturated heterocycles. The van der Waals surface area contributed by atoms with E-state index in [0.29, 0.717) is 18.4 Å². The van der Waals surface area contributed by atoms with Crippen molar-refractivity contribution >= 4 is 10.0 Å². The van der Waals surface area contributed by atoms with E-state index >= 15 is 0 Å². The molecule has 17 heavy (non-hydrogen) atoms. The molecule has 1 rings (SSSR count). The number of hydrogen-bond donors (Lipinski definition) is 2. The van der Waals surface area contributed by atoms with E-state index in [4.69, 9.17) is 0 Å². The van der Waals surface area contributed by atoms with Crippen molar-refractivity contribution in [3.63, 3.8) is 0 Å². The zero-order valence-corrected chi connectivity index (χ0v) is 12.2.